The topological polar surface area (TPSA) is 24.7 Å². The molecule has 0 N–H and O–H groups in total. The molecular weight excluding hydrogens is 725 g/mol. The summed E-state index contributed by atoms with van der Waals surface area (Å²) >= 11 is 0. The van der Waals surface area contributed by atoms with Gasteiger partial charge in [-0.15, -0.1) is 0 Å². The molecule has 0 atom stereocenters. The van der Waals surface area contributed by atoms with Gasteiger partial charge in [-0.2, -0.15) is 0 Å². The van der Waals surface area contributed by atoms with Crippen LogP contribution in [0.1, 0.15) is 134 Å². The van der Waals surface area contributed by atoms with Crippen LogP contribution in [0.3, 0.4) is 0 Å². The Morgan fingerprint density at radius 1 is 0.217 bits per heavy atom. The largest absolute Gasteiger partial charge is 0.245 e. The maximum Gasteiger partial charge on any atom is 0.0978 e. The van der Waals surface area contributed by atoms with Crippen molar-refractivity contribution in [2.45, 2.75) is 125 Å². The average Bonchev–Trinajstić information content (AvgIpc) is 3.08. The van der Waals surface area contributed by atoms with E-state index in [0.29, 0.717) is 0 Å². The Morgan fingerprint density at radius 3 is 0.500 bits per heavy atom. The second-order valence-electron chi connectivity index (χ2n) is 18.3. The van der Waals surface area contributed by atoms with E-state index in [9.17, 15) is 0 Å². The molecule has 60 heavy (non-hydrogen) atoms. The van der Waals surface area contributed by atoms with E-state index in [-0.39, 0.29) is 0 Å². The first-order chi connectivity index (χ1) is 28.2. The number of hydrogen-bond donors (Lipinski definition) is 0. The predicted octanol–water partition coefficient (Wildman–Crippen LogP) is 15.1. The molecule has 0 aromatic heterocycles. The van der Waals surface area contributed by atoms with Crippen LogP contribution in [0.4, 0.5) is 0 Å². The van der Waals surface area contributed by atoms with E-state index in [1.54, 1.807) is 0 Å². The van der Waals surface area contributed by atoms with Crippen molar-refractivity contribution in [1.82, 2.24) is 0 Å². The lowest BCUT2D eigenvalue weighted by molar-refractivity contribution is 1.23. The summed E-state index contributed by atoms with van der Waals surface area (Å²) in [5.41, 5.74) is 32.6. The van der Waals surface area contributed by atoms with Crippen LogP contribution in [0.15, 0.2) is 82.8 Å². The molecule has 0 aliphatic carbocycles. The standard InChI is InChI=1S/C58H66N2/c1-31-19-37(7)49(38(8)20-31)55(50-39(9)21-32(2)22-40(50)10)59-57(53-45(15)27-35(5)28-46(53)16)58(54-47(17)29-36(6)30-48(54)18)60-56(51-41(11)23-33(3)24-42(51)12)52-43(13)25-34(4)26-44(52)14/h19-30H,1-18H3/b58-57+. The predicted molar refractivity (Wildman–Crippen MR) is 262 cm³/mol. The molecule has 0 fully saturated rings. The Balaban J connectivity index is 2.00. The number of rotatable bonds is 8. The maximum atomic E-state index is 6.17. The second kappa shape index (κ2) is 17.2. The fourth-order valence-electron chi connectivity index (χ4n) is 10.5. The zero-order valence-corrected chi connectivity index (χ0v) is 39.8. The first-order valence-corrected chi connectivity index (χ1v) is 21.6. The average molecular weight is 791 g/mol. The normalized spacial score (nSPS) is 11.8. The number of hydrogen-bond acceptors (Lipinski definition) is 2. The molecule has 6 rings (SSSR count). The first kappa shape index (κ1) is 44.0. The van der Waals surface area contributed by atoms with Crippen molar-refractivity contribution >= 4 is 22.8 Å². The molecular formula is C58H66N2. The lowest BCUT2D eigenvalue weighted by Crippen LogP contribution is -2.15. The summed E-state index contributed by atoms with van der Waals surface area (Å²) in [7, 11) is 0. The van der Waals surface area contributed by atoms with Gasteiger partial charge in [0, 0.05) is 33.4 Å². The van der Waals surface area contributed by atoms with Gasteiger partial charge in [0.25, 0.3) is 0 Å². The minimum atomic E-state index is 0.885. The molecule has 0 saturated heterocycles. The molecule has 0 spiro atoms. The number of aliphatic imine (C=N–C) groups is 2. The van der Waals surface area contributed by atoms with Gasteiger partial charge in [0.1, 0.15) is 0 Å². The summed E-state index contributed by atoms with van der Waals surface area (Å²) in [6.45, 7) is 40.1. The van der Waals surface area contributed by atoms with Gasteiger partial charge in [0.15, 0.2) is 0 Å². The summed E-state index contributed by atoms with van der Waals surface area (Å²) < 4.78 is 0. The van der Waals surface area contributed by atoms with Gasteiger partial charge in [-0.25, -0.2) is 9.98 Å². The zero-order valence-electron chi connectivity index (χ0n) is 39.8. The Labute approximate surface area is 362 Å². The molecule has 0 bridgehead atoms. The fourth-order valence-corrected chi connectivity index (χ4v) is 10.5. The van der Waals surface area contributed by atoms with Crippen molar-refractivity contribution in [3.05, 3.63) is 206 Å². The van der Waals surface area contributed by atoms with E-state index in [1.807, 2.05) is 0 Å². The van der Waals surface area contributed by atoms with Gasteiger partial charge in [-0.3, -0.25) is 0 Å². The molecule has 6 aromatic rings. The fraction of sp³-hybridized carbons (Fsp3) is 0.310. The van der Waals surface area contributed by atoms with E-state index in [0.717, 1.165) is 33.9 Å². The Morgan fingerprint density at radius 2 is 0.350 bits per heavy atom. The highest BCUT2D eigenvalue weighted by molar-refractivity contribution is 6.21. The molecule has 0 heterocycles. The maximum absolute atomic E-state index is 6.17. The van der Waals surface area contributed by atoms with Crippen LogP contribution >= 0.6 is 0 Å². The second-order valence-corrected chi connectivity index (χ2v) is 18.3. The van der Waals surface area contributed by atoms with Gasteiger partial charge in [-0.05, 0) is 191 Å². The van der Waals surface area contributed by atoms with Crippen LogP contribution in [0, 0.1) is 125 Å². The summed E-state index contributed by atoms with van der Waals surface area (Å²) in [4.78, 5) is 12.3. The van der Waals surface area contributed by atoms with E-state index in [4.69, 9.17) is 9.98 Å². The monoisotopic (exact) mass is 791 g/mol. The van der Waals surface area contributed by atoms with Crippen LogP contribution in [-0.2, 0) is 0 Å². The molecule has 308 valence electrons. The Kier molecular flexibility index (Phi) is 12.6. The van der Waals surface area contributed by atoms with Crippen LogP contribution in [0.2, 0.25) is 0 Å². The van der Waals surface area contributed by atoms with E-state index >= 15 is 0 Å². The van der Waals surface area contributed by atoms with Crippen LogP contribution in [0.5, 0.6) is 0 Å². The Hall–Kier alpha value is -5.60. The molecule has 0 radical (unpaired) electrons. The third kappa shape index (κ3) is 8.66. The summed E-state index contributed by atoms with van der Waals surface area (Å²) in [5.74, 6) is 0. The minimum absolute atomic E-state index is 0.885. The third-order valence-electron chi connectivity index (χ3n) is 12.2. The van der Waals surface area contributed by atoms with Gasteiger partial charge in [-0.1, -0.05) is 106 Å². The summed E-state index contributed by atoms with van der Waals surface area (Å²) in [6.07, 6.45) is 0. The summed E-state index contributed by atoms with van der Waals surface area (Å²) in [6, 6.07) is 27.7. The molecule has 6 aromatic carbocycles. The van der Waals surface area contributed by atoms with Crippen LogP contribution in [-0.4, -0.2) is 11.4 Å². The van der Waals surface area contributed by atoms with Gasteiger partial charge < -0.3 is 0 Å². The van der Waals surface area contributed by atoms with Crippen LogP contribution < -0.4 is 0 Å². The smallest absolute Gasteiger partial charge is 0.0978 e. The van der Waals surface area contributed by atoms with E-state index < -0.39 is 0 Å². The minimum Gasteiger partial charge on any atom is -0.245 e. The Bertz CT molecular complexity index is 2360. The summed E-state index contributed by atoms with van der Waals surface area (Å²) in [5, 5.41) is 0. The van der Waals surface area contributed by atoms with Crippen molar-refractivity contribution in [2.24, 2.45) is 9.98 Å². The van der Waals surface area contributed by atoms with Gasteiger partial charge >= 0.3 is 0 Å². The molecule has 2 heteroatoms. The van der Waals surface area contributed by atoms with Crippen molar-refractivity contribution in [2.75, 3.05) is 0 Å². The van der Waals surface area contributed by atoms with Gasteiger partial charge in [0.05, 0.1) is 22.8 Å². The van der Waals surface area contributed by atoms with Crippen molar-refractivity contribution in [3.8, 4) is 0 Å². The third-order valence-corrected chi connectivity index (χ3v) is 12.2. The molecule has 0 amide bonds. The zero-order chi connectivity index (χ0) is 44.1. The highest BCUT2D eigenvalue weighted by Crippen LogP contribution is 2.40. The highest BCUT2D eigenvalue weighted by Gasteiger charge is 2.26. The van der Waals surface area contributed by atoms with Gasteiger partial charge in [0.2, 0.25) is 0 Å². The van der Waals surface area contributed by atoms with Crippen molar-refractivity contribution in [3.63, 3.8) is 0 Å². The molecule has 2 nitrogen and oxygen atoms in total. The SMILES string of the molecule is Cc1cc(C)c(C(=N/C(=C(/N=C(c2c(C)cc(C)cc2C)c2c(C)cc(C)cc2C)c2c(C)cc(C)cc2C)c2c(C)cc(C)cc2C)c2c(C)cc(C)cc2C)c(C)c1. The first-order valence-electron chi connectivity index (χ1n) is 21.6. The quantitative estimate of drug-likeness (QED) is 0.108. The van der Waals surface area contributed by atoms with Crippen molar-refractivity contribution in [1.29, 1.82) is 0 Å². The lowest BCUT2D eigenvalue weighted by atomic mass is 9.86. The van der Waals surface area contributed by atoms with Crippen molar-refractivity contribution < 1.29 is 0 Å². The van der Waals surface area contributed by atoms with E-state index in [1.165, 1.54) is 122 Å². The van der Waals surface area contributed by atoms with Crippen LogP contribution in [0.25, 0.3) is 11.4 Å². The molecule has 0 saturated carbocycles. The lowest BCUT2D eigenvalue weighted by Gasteiger charge is -2.24. The number of nitrogens with zero attached hydrogens (tertiary/aromatic N) is 2. The number of benzene rings is 6. The molecule has 0 unspecified atom stereocenters. The molecule has 0 aliphatic rings. The molecule has 0 aliphatic heterocycles. The van der Waals surface area contributed by atoms with E-state index in [2.05, 4.69) is 197 Å². The highest BCUT2D eigenvalue weighted by atomic mass is 14.9. The number of aryl methyl sites for hydroxylation is 18.